The van der Waals surface area contributed by atoms with Crippen molar-refractivity contribution >= 4 is 11.8 Å². The van der Waals surface area contributed by atoms with E-state index in [-0.39, 0.29) is 11.8 Å². The number of amides is 2. The minimum absolute atomic E-state index is 0.114. The van der Waals surface area contributed by atoms with E-state index in [1.807, 2.05) is 12.1 Å². The molecule has 194 valence electrons. The Hall–Kier alpha value is -3.13. The highest BCUT2D eigenvalue weighted by atomic mass is 16.5. The van der Waals surface area contributed by atoms with Crippen molar-refractivity contribution in [3.8, 4) is 11.5 Å². The molecule has 8 nitrogen and oxygen atoms in total. The maximum atomic E-state index is 13.8. The summed E-state index contributed by atoms with van der Waals surface area (Å²) in [5.74, 6) is 1.48. The third-order valence-electron chi connectivity index (χ3n) is 7.38. The van der Waals surface area contributed by atoms with E-state index in [2.05, 4.69) is 29.0 Å². The molecule has 0 spiro atoms. The van der Waals surface area contributed by atoms with Gasteiger partial charge in [0.05, 0.1) is 26.2 Å². The van der Waals surface area contributed by atoms with E-state index in [0.29, 0.717) is 41.0 Å². The summed E-state index contributed by atoms with van der Waals surface area (Å²) in [4.78, 5) is 35.5. The Labute approximate surface area is 214 Å². The van der Waals surface area contributed by atoms with Gasteiger partial charge in [-0.25, -0.2) is 0 Å². The summed E-state index contributed by atoms with van der Waals surface area (Å²) in [5, 5.41) is 3.16. The number of nitrogens with one attached hydrogen (secondary N) is 1. The van der Waals surface area contributed by atoms with Crippen molar-refractivity contribution < 1.29 is 19.1 Å². The van der Waals surface area contributed by atoms with Gasteiger partial charge in [0.1, 0.15) is 0 Å². The molecule has 4 atom stereocenters. The van der Waals surface area contributed by atoms with Crippen molar-refractivity contribution in [3.05, 3.63) is 53.3 Å². The van der Waals surface area contributed by atoms with Gasteiger partial charge in [-0.1, -0.05) is 19.9 Å². The van der Waals surface area contributed by atoms with E-state index in [1.165, 1.54) is 13.5 Å². The predicted octanol–water partition coefficient (Wildman–Crippen LogP) is 3.49. The SMILES string of the molecule is COc1cc2c(cc1OC)[C@H](C(=O)NCCCN1C[C@H](C)C[C@H](C)C1)[C@H](c1cccnc1)N(C)C2=O. The zero-order valence-corrected chi connectivity index (χ0v) is 22.0. The molecule has 1 aromatic heterocycles. The van der Waals surface area contributed by atoms with Crippen LogP contribution >= 0.6 is 0 Å². The fourth-order valence-corrected chi connectivity index (χ4v) is 5.90. The van der Waals surface area contributed by atoms with Gasteiger partial charge in [-0.3, -0.25) is 14.6 Å². The number of rotatable bonds is 8. The van der Waals surface area contributed by atoms with E-state index in [0.717, 1.165) is 31.6 Å². The van der Waals surface area contributed by atoms with E-state index in [1.54, 1.807) is 43.6 Å². The third-order valence-corrected chi connectivity index (χ3v) is 7.38. The maximum Gasteiger partial charge on any atom is 0.254 e. The normalized spacial score (nSPS) is 24.2. The van der Waals surface area contributed by atoms with Gasteiger partial charge in [0.15, 0.2) is 11.5 Å². The molecule has 0 bridgehead atoms. The average molecular weight is 495 g/mol. The fraction of sp³-hybridized carbons (Fsp3) is 0.536. The number of benzene rings is 1. The summed E-state index contributed by atoms with van der Waals surface area (Å²) in [6.07, 6.45) is 5.57. The summed E-state index contributed by atoms with van der Waals surface area (Å²) in [6, 6.07) is 6.69. The highest BCUT2D eigenvalue weighted by Crippen LogP contribution is 2.45. The van der Waals surface area contributed by atoms with Crippen LogP contribution in [0.1, 0.15) is 60.1 Å². The molecule has 2 aliphatic rings. The largest absolute Gasteiger partial charge is 0.493 e. The van der Waals surface area contributed by atoms with Gasteiger partial charge in [-0.2, -0.15) is 0 Å². The quantitative estimate of drug-likeness (QED) is 0.566. The number of ether oxygens (including phenoxy) is 2. The second kappa shape index (κ2) is 11.3. The molecule has 3 heterocycles. The smallest absolute Gasteiger partial charge is 0.254 e. The van der Waals surface area contributed by atoms with Crippen LogP contribution in [0, 0.1) is 11.8 Å². The number of carbonyl (C=O) groups is 2. The number of likely N-dealkylation sites (N-methyl/N-ethyl adjacent to an activating group) is 1. The lowest BCUT2D eigenvalue weighted by Crippen LogP contribution is -2.46. The average Bonchev–Trinajstić information content (AvgIpc) is 2.87. The molecule has 2 aliphatic heterocycles. The fourth-order valence-electron chi connectivity index (χ4n) is 5.90. The van der Waals surface area contributed by atoms with Crippen LogP contribution in [0.25, 0.3) is 0 Å². The van der Waals surface area contributed by atoms with Crippen LogP contribution in [0.4, 0.5) is 0 Å². The Morgan fingerprint density at radius 3 is 2.47 bits per heavy atom. The van der Waals surface area contributed by atoms with Gasteiger partial charge in [0.2, 0.25) is 5.91 Å². The molecule has 2 aromatic rings. The lowest BCUT2D eigenvalue weighted by molar-refractivity contribution is -0.124. The lowest BCUT2D eigenvalue weighted by Gasteiger charge is -2.40. The number of fused-ring (bicyclic) bond motifs is 1. The molecule has 0 unspecified atom stereocenters. The number of pyridine rings is 1. The van der Waals surface area contributed by atoms with Crippen LogP contribution in [0.5, 0.6) is 11.5 Å². The second-order valence-electron chi connectivity index (χ2n) is 10.3. The van der Waals surface area contributed by atoms with Gasteiger partial charge < -0.3 is 24.6 Å². The van der Waals surface area contributed by atoms with Crippen LogP contribution in [0.2, 0.25) is 0 Å². The zero-order valence-electron chi connectivity index (χ0n) is 22.0. The number of piperidine rings is 1. The molecule has 36 heavy (non-hydrogen) atoms. The molecule has 0 saturated carbocycles. The Morgan fingerprint density at radius 2 is 1.83 bits per heavy atom. The Kier molecular flexibility index (Phi) is 8.14. The van der Waals surface area contributed by atoms with Gasteiger partial charge in [-0.05, 0) is 60.5 Å². The van der Waals surface area contributed by atoms with Crippen LogP contribution < -0.4 is 14.8 Å². The molecule has 1 aromatic carbocycles. The second-order valence-corrected chi connectivity index (χ2v) is 10.3. The first-order chi connectivity index (χ1) is 17.3. The van der Waals surface area contributed by atoms with Crippen LogP contribution in [-0.4, -0.2) is 74.0 Å². The Morgan fingerprint density at radius 1 is 1.14 bits per heavy atom. The van der Waals surface area contributed by atoms with Gasteiger partial charge in [0, 0.05) is 44.6 Å². The van der Waals surface area contributed by atoms with Crippen molar-refractivity contribution in [2.24, 2.45) is 11.8 Å². The molecule has 2 amide bonds. The lowest BCUT2D eigenvalue weighted by atomic mass is 9.79. The number of aromatic nitrogens is 1. The first-order valence-corrected chi connectivity index (χ1v) is 12.8. The van der Waals surface area contributed by atoms with Gasteiger partial charge in [-0.15, -0.1) is 0 Å². The first kappa shape index (κ1) is 25.9. The van der Waals surface area contributed by atoms with Crippen molar-refractivity contribution in [2.45, 2.75) is 38.6 Å². The van der Waals surface area contributed by atoms with Gasteiger partial charge in [0.25, 0.3) is 5.91 Å². The molecule has 8 heteroatoms. The topological polar surface area (TPSA) is 84.0 Å². The maximum absolute atomic E-state index is 13.8. The minimum Gasteiger partial charge on any atom is -0.493 e. The predicted molar refractivity (Wildman–Crippen MR) is 138 cm³/mol. The molecule has 0 aliphatic carbocycles. The van der Waals surface area contributed by atoms with E-state index >= 15 is 0 Å². The molecule has 1 N–H and O–H groups in total. The summed E-state index contributed by atoms with van der Waals surface area (Å²) in [5.41, 5.74) is 1.90. The summed E-state index contributed by atoms with van der Waals surface area (Å²) < 4.78 is 11.0. The number of nitrogens with zero attached hydrogens (tertiary/aromatic N) is 3. The van der Waals surface area contributed by atoms with Crippen LogP contribution in [-0.2, 0) is 4.79 Å². The summed E-state index contributed by atoms with van der Waals surface area (Å²) >= 11 is 0. The van der Waals surface area contributed by atoms with Crippen molar-refractivity contribution in [3.63, 3.8) is 0 Å². The molecule has 4 rings (SSSR count). The monoisotopic (exact) mass is 494 g/mol. The van der Waals surface area contributed by atoms with Gasteiger partial charge >= 0.3 is 0 Å². The first-order valence-electron chi connectivity index (χ1n) is 12.8. The molecular weight excluding hydrogens is 456 g/mol. The van der Waals surface area contributed by atoms with Crippen molar-refractivity contribution in [1.82, 2.24) is 20.1 Å². The zero-order chi connectivity index (χ0) is 25.8. The van der Waals surface area contributed by atoms with E-state index in [4.69, 9.17) is 9.47 Å². The summed E-state index contributed by atoms with van der Waals surface area (Å²) in [6.45, 7) is 8.40. The Bertz CT molecular complexity index is 1070. The number of methoxy groups -OCH3 is 2. The minimum atomic E-state index is -0.610. The van der Waals surface area contributed by atoms with Crippen LogP contribution in [0.15, 0.2) is 36.7 Å². The summed E-state index contributed by atoms with van der Waals surface area (Å²) in [7, 11) is 4.82. The standard InChI is InChI=1S/C28H38N4O4/c1-18-12-19(2)17-32(16-18)11-7-10-30-27(33)25-21-13-23(35-4)24(36-5)14-22(21)28(34)31(3)26(25)20-8-6-9-29-15-20/h6,8-9,13-15,18-19,25-26H,7,10-12,16-17H2,1-5H3,(H,30,33)/t18-,19+,25-,26-/m0/s1. The third kappa shape index (κ3) is 5.33. The highest BCUT2D eigenvalue weighted by Gasteiger charge is 2.43. The molecule has 0 radical (unpaired) electrons. The number of hydrogen-bond donors (Lipinski definition) is 1. The Balaban J connectivity index is 1.58. The van der Waals surface area contributed by atoms with Crippen molar-refractivity contribution in [2.75, 3.05) is 47.4 Å². The molecular formula is C28H38N4O4. The molecule has 1 fully saturated rings. The molecule has 1 saturated heterocycles. The van der Waals surface area contributed by atoms with E-state index < -0.39 is 12.0 Å². The van der Waals surface area contributed by atoms with Crippen LogP contribution in [0.3, 0.4) is 0 Å². The van der Waals surface area contributed by atoms with Crippen molar-refractivity contribution in [1.29, 1.82) is 0 Å². The highest BCUT2D eigenvalue weighted by molar-refractivity contribution is 6.02. The number of likely N-dealkylation sites (tertiary alicyclic amines) is 1. The number of hydrogen-bond acceptors (Lipinski definition) is 6. The number of carbonyl (C=O) groups excluding carboxylic acids is 2. The van der Waals surface area contributed by atoms with E-state index in [9.17, 15) is 9.59 Å².